The summed E-state index contributed by atoms with van der Waals surface area (Å²) >= 11 is 8.34. The molecule has 124 valence electrons. The SMILES string of the molecule is S=c1[nH]nc(COc2nc(-c3ccccc3)nc3ccc(Br)cc23)o1. The monoisotopic (exact) mass is 414 g/mol. The second-order valence-electron chi connectivity index (χ2n) is 5.18. The van der Waals surface area contributed by atoms with Crippen LogP contribution in [0.1, 0.15) is 5.89 Å². The standard InChI is InChI=1S/C17H11BrN4O2S/c18-11-6-7-13-12(8-11)16(23-9-14-21-22-17(25)24-14)20-15(19-13)10-4-2-1-3-5-10/h1-8H,9H2,(H,22,25). The first-order valence-electron chi connectivity index (χ1n) is 7.39. The Balaban J connectivity index is 1.79. The van der Waals surface area contributed by atoms with E-state index in [0.29, 0.717) is 17.6 Å². The zero-order chi connectivity index (χ0) is 17.2. The van der Waals surface area contributed by atoms with Crippen LogP contribution >= 0.6 is 28.1 Å². The summed E-state index contributed by atoms with van der Waals surface area (Å²) in [6.07, 6.45) is 0. The molecule has 0 aliphatic heterocycles. The summed E-state index contributed by atoms with van der Waals surface area (Å²) in [6, 6.07) is 15.5. The van der Waals surface area contributed by atoms with Crippen molar-refractivity contribution < 1.29 is 9.15 Å². The minimum absolute atomic E-state index is 0.111. The van der Waals surface area contributed by atoms with Crippen LogP contribution in [-0.2, 0) is 6.61 Å². The van der Waals surface area contributed by atoms with Gasteiger partial charge in [0.25, 0.3) is 10.7 Å². The van der Waals surface area contributed by atoms with Crippen LogP contribution in [0.25, 0.3) is 22.3 Å². The zero-order valence-corrected chi connectivity index (χ0v) is 15.2. The highest BCUT2D eigenvalue weighted by atomic mass is 79.9. The molecule has 2 heterocycles. The average Bonchev–Trinajstić information content (AvgIpc) is 3.05. The Bertz CT molecular complexity index is 1090. The largest absolute Gasteiger partial charge is 0.467 e. The first-order chi connectivity index (χ1) is 12.2. The maximum atomic E-state index is 5.84. The van der Waals surface area contributed by atoms with Crippen molar-refractivity contribution in [1.82, 2.24) is 20.2 Å². The van der Waals surface area contributed by atoms with Gasteiger partial charge in [-0.15, -0.1) is 5.10 Å². The summed E-state index contributed by atoms with van der Waals surface area (Å²) in [5, 5.41) is 7.30. The van der Waals surface area contributed by atoms with E-state index in [1.54, 1.807) is 0 Å². The highest BCUT2D eigenvalue weighted by molar-refractivity contribution is 9.10. The quantitative estimate of drug-likeness (QED) is 0.488. The molecule has 8 heteroatoms. The highest BCUT2D eigenvalue weighted by Gasteiger charge is 2.12. The van der Waals surface area contributed by atoms with Crippen LogP contribution in [0, 0.1) is 4.84 Å². The molecule has 1 N–H and O–H groups in total. The number of nitrogens with one attached hydrogen (secondary N) is 1. The summed E-state index contributed by atoms with van der Waals surface area (Å²) in [5.41, 5.74) is 1.70. The molecule has 0 aliphatic carbocycles. The number of rotatable bonds is 4. The van der Waals surface area contributed by atoms with Crippen molar-refractivity contribution in [2.24, 2.45) is 0 Å². The average molecular weight is 415 g/mol. The van der Waals surface area contributed by atoms with Gasteiger partial charge in [-0.25, -0.2) is 10.1 Å². The fourth-order valence-electron chi connectivity index (χ4n) is 2.35. The van der Waals surface area contributed by atoms with Gasteiger partial charge in [0.2, 0.25) is 5.88 Å². The number of hydrogen-bond acceptors (Lipinski definition) is 6. The van der Waals surface area contributed by atoms with Gasteiger partial charge in [0.1, 0.15) is 0 Å². The molecule has 2 aromatic heterocycles. The molecule has 4 rings (SSSR count). The molecular formula is C17H11BrN4O2S. The van der Waals surface area contributed by atoms with Crippen molar-refractivity contribution in [1.29, 1.82) is 0 Å². The minimum atomic E-state index is 0.111. The topological polar surface area (TPSA) is 76.8 Å². The molecule has 0 amide bonds. The molecule has 0 atom stereocenters. The third-order valence-corrected chi connectivity index (χ3v) is 4.14. The number of aromatic amines is 1. The first-order valence-corrected chi connectivity index (χ1v) is 8.59. The maximum Gasteiger partial charge on any atom is 0.284 e. The molecule has 0 fully saturated rings. The van der Waals surface area contributed by atoms with Crippen LogP contribution in [0.4, 0.5) is 0 Å². The van der Waals surface area contributed by atoms with Gasteiger partial charge >= 0.3 is 0 Å². The van der Waals surface area contributed by atoms with E-state index >= 15 is 0 Å². The fourth-order valence-corrected chi connectivity index (χ4v) is 2.85. The number of benzene rings is 2. The number of aromatic nitrogens is 4. The Morgan fingerprint density at radius 2 is 1.96 bits per heavy atom. The zero-order valence-electron chi connectivity index (χ0n) is 12.8. The molecule has 6 nitrogen and oxygen atoms in total. The molecule has 0 aliphatic rings. The van der Waals surface area contributed by atoms with Crippen molar-refractivity contribution in [3.63, 3.8) is 0 Å². The second kappa shape index (κ2) is 6.73. The van der Waals surface area contributed by atoms with Gasteiger partial charge in [-0.3, -0.25) is 0 Å². The van der Waals surface area contributed by atoms with E-state index in [-0.39, 0.29) is 11.4 Å². The van der Waals surface area contributed by atoms with Crippen LogP contribution in [0.3, 0.4) is 0 Å². The van der Waals surface area contributed by atoms with Crippen molar-refractivity contribution in [2.45, 2.75) is 6.61 Å². The second-order valence-corrected chi connectivity index (χ2v) is 6.46. The Labute approximate surface area is 156 Å². The lowest BCUT2D eigenvalue weighted by molar-refractivity contribution is 0.255. The van der Waals surface area contributed by atoms with Gasteiger partial charge in [-0.05, 0) is 30.4 Å². The summed E-state index contributed by atoms with van der Waals surface area (Å²) in [7, 11) is 0. The molecule has 0 bridgehead atoms. The summed E-state index contributed by atoms with van der Waals surface area (Å²) in [5.74, 6) is 1.40. The Hall–Kier alpha value is -2.58. The Morgan fingerprint density at radius 1 is 1.12 bits per heavy atom. The minimum Gasteiger partial charge on any atom is -0.467 e. The number of fused-ring (bicyclic) bond motifs is 1. The van der Waals surface area contributed by atoms with Crippen molar-refractivity contribution in [3.8, 4) is 17.3 Å². The predicted molar refractivity (Wildman–Crippen MR) is 98.7 cm³/mol. The summed E-state index contributed by atoms with van der Waals surface area (Å²) < 4.78 is 12.0. The third-order valence-electron chi connectivity index (χ3n) is 3.47. The Kier molecular flexibility index (Phi) is 4.29. The van der Waals surface area contributed by atoms with E-state index in [1.165, 1.54) is 0 Å². The van der Waals surface area contributed by atoms with Gasteiger partial charge in [0, 0.05) is 10.0 Å². The maximum absolute atomic E-state index is 5.84. The van der Waals surface area contributed by atoms with E-state index in [9.17, 15) is 0 Å². The van der Waals surface area contributed by atoms with Crippen molar-refractivity contribution in [2.75, 3.05) is 0 Å². The van der Waals surface area contributed by atoms with E-state index in [1.807, 2.05) is 48.5 Å². The first kappa shape index (κ1) is 15.9. The normalized spacial score (nSPS) is 10.9. The van der Waals surface area contributed by atoms with Gasteiger partial charge in [-0.1, -0.05) is 46.3 Å². The number of H-pyrrole nitrogens is 1. The molecule has 4 aromatic rings. The summed E-state index contributed by atoms with van der Waals surface area (Å²) in [6.45, 7) is 0.111. The lowest BCUT2D eigenvalue weighted by Gasteiger charge is -2.09. The van der Waals surface area contributed by atoms with Crippen LogP contribution in [0.5, 0.6) is 5.88 Å². The Morgan fingerprint density at radius 3 is 2.72 bits per heavy atom. The highest BCUT2D eigenvalue weighted by Crippen LogP contribution is 2.29. The summed E-state index contributed by atoms with van der Waals surface area (Å²) in [4.78, 5) is 9.41. The van der Waals surface area contributed by atoms with Crippen molar-refractivity contribution >= 4 is 39.1 Å². The lowest BCUT2D eigenvalue weighted by Crippen LogP contribution is -2.01. The van der Waals surface area contributed by atoms with E-state index in [2.05, 4.69) is 36.1 Å². The number of hydrogen-bond donors (Lipinski definition) is 1. The van der Waals surface area contributed by atoms with Crippen LogP contribution in [0.2, 0.25) is 0 Å². The fraction of sp³-hybridized carbons (Fsp3) is 0.0588. The van der Waals surface area contributed by atoms with Gasteiger partial charge in [-0.2, -0.15) is 4.98 Å². The molecule has 0 unspecified atom stereocenters. The molecule has 0 radical (unpaired) electrons. The van der Waals surface area contributed by atoms with Crippen LogP contribution in [0.15, 0.2) is 57.4 Å². The number of halogens is 1. The van der Waals surface area contributed by atoms with Crippen molar-refractivity contribution in [3.05, 3.63) is 63.7 Å². The molecule has 0 saturated heterocycles. The smallest absolute Gasteiger partial charge is 0.284 e. The third kappa shape index (κ3) is 3.45. The molecule has 0 spiro atoms. The van der Waals surface area contributed by atoms with E-state index in [4.69, 9.17) is 21.4 Å². The molecular weight excluding hydrogens is 404 g/mol. The van der Waals surface area contributed by atoms with Gasteiger partial charge < -0.3 is 9.15 Å². The lowest BCUT2D eigenvalue weighted by atomic mass is 10.2. The van der Waals surface area contributed by atoms with E-state index < -0.39 is 0 Å². The van der Waals surface area contributed by atoms with Gasteiger partial charge in [0.15, 0.2) is 12.4 Å². The van der Waals surface area contributed by atoms with Crippen LogP contribution < -0.4 is 4.74 Å². The number of nitrogens with zero attached hydrogens (tertiary/aromatic N) is 3. The van der Waals surface area contributed by atoms with Gasteiger partial charge in [0.05, 0.1) is 10.9 Å². The molecule has 2 aromatic carbocycles. The van der Waals surface area contributed by atoms with Crippen LogP contribution in [-0.4, -0.2) is 20.2 Å². The molecule has 25 heavy (non-hydrogen) atoms. The molecule has 0 saturated carbocycles. The number of ether oxygens (including phenoxy) is 1. The predicted octanol–water partition coefficient (Wildman–Crippen LogP) is 4.68. The van der Waals surface area contributed by atoms with E-state index in [0.717, 1.165) is 20.9 Å².